The third kappa shape index (κ3) is 7.08. The molecular formula is C13H23N3O4. The number of carboxylic acid groups (broad SMARTS) is 1. The number of carboxylic acids is 1. The van der Waals surface area contributed by atoms with Gasteiger partial charge in [0.25, 0.3) is 0 Å². The predicted octanol–water partition coefficient (Wildman–Crippen LogP) is 0.409. The second-order valence-electron chi connectivity index (χ2n) is 5.28. The fraction of sp³-hybridized carbons (Fsp3) is 0.769. The lowest BCUT2D eigenvalue weighted by atomic mass is 10.1. The van der Waals surface area contributed by atoms with Crippen LogP contribution < -0.4 is 10.6 Å². The van der Waals surface area contributed by atoms with E-state index in [0.717, 1.165) is 19.5 Å². The summed E-state index contributed by atoms with van der Waals surface area (Å²) >= 11 is 0. The minimum atomic E-state index is -0.871. The maximum atomic E-state index is 11.5. The summed E-state index contributed by atoms with van der Waals surface area (Å²) in [5.41, 5.74) is 0. The van der Waals surface area contributed by atoms with Crippen molar-refractivity contribution in [2.45, 2.75) is 32.1 Å². The van der Waals surface area contributed by atoms with Crippen molar-refractivity contribution >= 4 is 17.9 Å². The number of carbonyl (C=O) groups is 3. The van der Waals surface area contributed by atoms with Crippen molar-refractivity contribution in [2.75, 3.05) is 26.7 Å². The molecular weight excluding hydrogens is 262 g/mol. The van der Waals surface area contributed by atoms with Crippen LogP contribution in [0, 0.1) is 5.92 Å². The highest BCUT2D eigenvalue weighted by molar-refractivity contribution is 5.94. The maximum Gasteiger partial charge on any atom is 0.321 e. The lowest BCUT2D eigenvalue weighted by molar-refractivity contribution is -0.137. The molecule has 3 N–H and O–H groups in total. The highest BCUT2D eigenvalue weighted by Gasteiger charge is 2.20. The number of hydrogen-bond acceptors (Lipinski definition) is 4. The third-order valence-electron chi connectivity index (χ3n) is 3.34. The van der Waals surface area contributed by atoms with Crippen molar-refractivity contribution in [3.8, 4) is 0 Å². The zero-order valence-corrected chi connectivity index (χ0v) is 11.9. The van der Waals surface area contributed by atoms with Gasteiger partial charge in [0.2, 0.25) is 5.91 Å². The zero-order valence-electron chi connectivity index (χ0n) is 11.9. The molecule has 114 valence electrons. The topological polar surface area (TPSA) is 98.7 Å². The molecule has 1 aliphatic rings. The zero-order chi connectivity index (χ0) is 15.0. The summed E-state index contributed by atoms with van der Waals surface area (Å²) in [4.78, 5) is 35.4. The fourth-order valence-corrected chi connectivity index (χ4v) is 2.23. The molecule has 7 heteroatoms. The molecule has 1 unspecified atom stereocenters. The summed E-state index contributed by atoms with van der Waals surface area (Å²) in [5.74, 6) is -0.794. The molecule has 1 fully saturated rings. The quantitative estimate of drug-likeness (QED) is 0.588. The first-order valence-electron chi connectivity index (χ1n) is 6.95. The number of rotatable bonds is 7. The molecule has 1 saturated heterocycles. The number of unbranched alkanes of at least 4 members (excludes halogenated alkanes) is 1. The van der Waals surface area contributed by atoms with E-state index < -0.39 is 12.0 Å². The van der Waals surface area contributed by atoms with Crippen LogP contribution in [-0.2, 0) is 9.59 Å². The number of amides is 3. The van der Waals surface area contributed by atoms with Crippen LogP contribution in [0.25, 0.3) is 0 Å². The SMILES string of the molecule is CN1CCC(CNC(=O)NC(=O)CCCCC(=O)O)C1. The van der Waals surface area contributed by atoms with Gasteiger partial charge in [-0.15, -0.1) is 0 Å². The molecule has 3 amide bonds. The molecule has 1 heterocycles. The average Bonchev–Trinajstić information content (AvgIpc) is 2.78. The first kappa shape index (κ1) is 16.4. The first-order chi connectivity index (χ1) is 9.47. The van der Waals surface area contributed by atoms with Gasteiger partial charge in [-0.2, -0.15) is 0 Å². The van der Waals surface area contributed by atoms with Gasteiger partial charge in [0.1, 0.15) is 0 Å². The third-order valence-corrected chi connectivity index (χ3v) is 3.34. The standard InChI is InChI=1S/C13H23N3O4/c1-16-7-6-10(9-16)8-14-13(20)15-11(17)4-2-3-5-12(18)19/h10H,2-9H2,1H3,(H,18,19)(H2,14,15,17,20). The first-order valence-corrected chi connectivity index (χ1v) is 6.95. The maximum absolute atomic E-state index is 11.5. The van der Waals surface area contributed by atoms with E-state index in [9.17, 15) is 14.4 Å². The number of likely N-dealkylation sites (tertiary alicyclic amines) is 1. The van der Waals surface area contributed by atoms with Crippen molar-refractivity contribution in [3.63, 3.8) is 0 Å². The second kappa shape index (κ2) is 8.52. The Morgan fingerprint density at radius 2 is 1.95 bits per heavy atom. The van der Waals surface area contributed by atoms with Gasteiger partial charge < -0.3 is 15.3 Å². The predicted molar refractivity (Wildman–Crippen MR) is 73.2 cm³/mol. The summed E-state index contributed by atoms with van der Waals surface area (Å²) in [6, 6.07) is -0.470. The van der Waals surface area contributed by atoms with E-state index in [4.69, 9.17) is 5.11 Å². The van der Waals surface area contributed by atoms with Crippen molar-refractivity contribution in [2.24, 2.45) is 5.92 Å². The van der Waals surface area contributed by atoms with Crippen LogP contribution in [0.2, 0.25) is 0 Å². The minimum absolute atomic E-state index is 0.0503. The second-order valence-corrected chi connectivity index (χ2v) is 5.28. The Balaban J connectivity index is 2.06. The van der Waals surface area contributed by atoms with Crippen molar-refractivity contribution in [1.29, 1.82) is 0 Å². The smallest absolute Gasteiger partial charge is 0.321 e. The molecule has 0 radical (unpaired) electrons. The monoisotopic (exact) mass is 285 g/mol. The molecule has 20 heavy (non-hydrogen) atoms. The van der Waals surface area contributed by atoms with E-state index in [2.05, 4.69) is 15.5 Å². The molecule has 0 spiro atoms. The van der Waals surface area contributed by atoms with Crippen LogP contribution in [0.5, 0.6) is 0 Å². The fourth-order valence-electron chi connectivity index (χ4n) is 2.23. The highest BCUT2D eigenvalue weighted by atomic mass is 16.4. The number of urea groups is 1. The van der Waals surface area contributed by atoms with Crippen molar-refractivity contribution < 1.29 is 19.5 Å². The van der Waals surface area contributed by atoms with E-state index >= 15 is 0 Å². The molecule has 0 aliphatic carbocycles. The van der Waals surface area contributed by atoms with Crippen LogP contribution in [0.15, 0.2) is 0 Å². The normalized spacial score (nSPS) is 18.8. The number of nitrogens with zero attached hydrogens (tertiary/aromatic N) is 1. The van der Waals surface area contributed by atoms with Crippen LogP contribution in [0.4, 0.5) is 4.79 Å². The number of aliphatic carboxylic acids is 1. The van der Waals surface area contributed by atoms with E-state index in [1.165, 1.54) is 0 Å². The highest BCUT2D eigenvalue weighted by Crippen LogP contribution is 2.12. The van der Waals surface area contributed by atoms with Crippen molar-refractivity contribution in [3.05, 3.63) is 0 Å². The Morgan fingerprint density at radius 3 is 2.55 bits per heavy atom. The molecule has 0 saturated carbocycles. The number of carbonyl (C=O) groups excluding carboxylic acids is 2. The van der Waals surface area contributed by atoms with Gasteiger partial charge in [-0.3, -0.25) is 14.9 Å². The van der Waals surface area contributed by atoms with E-state index in [1.54, 1.807) is 0 Å². The molecule has 0 aromatic heterocycles. The summed E-state index contributed by atoms with van der Waals surface area (Å²) in [6.45, 7) is 2.57. The minimum Gasteiger partial charge on any atom is -0.481 e. The Kier molecular flexibility index (Phi) is 7.00. The Hall–Kier alpha value is -1.63. The van der Waals surface area contributed by atoms with Gasteiger partial charge in [-0.25, -0.2) is 4.79 Å². The Labute approximate surface area is 118 Å². The van der Waals surface area contributed by atoms with Gasteiger partial charge in [-0.05, 0) is 38.8 Å². The largest absolute Gasteiger partial charge is 0.481 e. The Morgan fingerprint density at radius 1 is 1.25 bits per heavy atom. The van der Waals surface area contributed by atoms with Crippen LogP contribution in [0.3, 0.4) is 0 Å². The molecule has 7 nitrogen and oxygen atoms in total. The Bertz CT molecular complexity index is 360. The van der Waals surface area contributed by atoms with E-state index in [-0.39, 0.29) is 18.7 Å². The summed E-state index contributed by atoms with van der Waals surface area (Å²) in [7, 11) is 2.04. The number of nitrogens with one attached hydrogen (secondary N) is 2. The number of imide groups is 1. The van der Waals surface area contributed by atoms with Gasteiger partial charge in [-0.1, -0.05) is 0 Å². The van der Waals surface area contributed by atoms with Crippen LogP contribution in [0.1, 0.15) is 32.1 Å². The lowest BCUT2D eigenvalue weighted by Gasteiger charge is -2.12. The van der Waals surface area contributed by atoms with Crippen LogP contribution >= 0.6 is 0 Å². The summed E-state index contributed by atoms with van der Waals surface area (Å²) < 4.78 is 0. The molecule has 0 aromatic rings. The van der Waals surface area contributed by atoms with Crippen LogP contribution in [-0.4, -0.2) is 54.6 Å². The average molecular weight is 285 g/mol. The lowest BCUT2D eigenvalue weighted by Crippen LogP contribution is -2.41. The molecule has 1 atom stereocenters. The molecule has 1 rings (SSSR count). The molecule has 0 bridgehead atoms. The number of hydrogen-bond donors (Lipinski definition) is 3. The van der Waals surface area contributed by atoms with Crippen molar-refractivity contribution in [1.82, 2.24) is 15.5 Å². The van der Waals surface area contributed by atoms with Gasteiger partial charge >= 0.3 is 12.0 Å². The van der Waals surface area contributed by atoms with Gasteiger partial charge in [0, 0.05) is 25.9 Å². The van der Waals surface area contributed by atoms with E-state index in [0.29, 0.717) is 25.3 Å². The summed E-state index contributed by atoms with van der Waals surface area (Å²) in [5, 5.41) is 13.4. The van der Waals surface area contributed by atoms with Gasteiger partial charge in [0.05, 0.1) is 0 Å². The summed E-state index contributed by atoms with van der Waals surface area (Å²) in [6.07, 6.45) is 2.19. The van der Waals surface area contributed by atoms with E-state index in [1.807, 2.05) is 7.05 Å². The van der Waals surface area contributed by atoms with Gasteiger partial charge in [0.15, 0.2) is 0 Å². The molecule has 0 aromatic carbocycles. The molecule has 1 aliphatic heterocycles.